The molecule has 120 valence electrons. The molecule has 0 fully saturated rings. The van der Waals surface area contributed by atoms with Gasteiger partial charge in [-0.1, -0.05) is 49.2 Å². The Hall–Kier alpha value is -2.86. The van der Waals surface area contributed by atoms with Gasteiger partial charge >= 0.3 is 0 Å². The normalized spacial score (nSPS) is 12.0. The Labute approximate surface area is 141 Å². The van der Waals surface area contributed by atoms with Crippen molar-refractivity contribution in [1.29, 1.82) is 0 Å². The van der Waals surface area contributed by atoms with Gasteiger partial charge in [-0.05, 0) is 12.5 Å². The number of benzene rings is 2. The average Bonchev–Trinajstić information content (AvgIpc) is 2.62. The van der Waals surface area contributed by atoms with Crippen LogP contribution in [-0.2, 0) is 0 Å². The SMILES string of the molecule is CCCC#CCCOc1cccc2c1C(=O)c1ccccc1C2=O. The molecule has 0 N–H and O–H groups in total. The smallest absolute Gasteiger partial charge is 0.198 e. The highest BCUT2D eigenvalue weighted by Gasteiger charge is 2.31. The molecule has 0 saturated carbocycles. The molecule has 0 aromatic heterocycles. The van der Waals surface area contributed by atoms with E-state index >= 15 is 0 Å². The number of fused-ring (bicyclic) bond motifs is 2. The first-order chi connectivity index (χ1) is 11.7. The first-order valence-electron chi connectivity index (χ1n) is 8.14. The second-order valence-electron chi connectivity index (χ2n) is 5.58. The van der Waals surface area contributed by atoms with Gasteiger partial charge in [0, 0.05) is 29.5 Å². The first kappa shape index (κ1) is 16.0. The molecule has 24 heavy (non-hydrogen) atoms. The molecular weight excluding hydrogens is 300 g/mol. The van der Waals surface area contributed by atoms with E-state index in [2.05, 4.69) is 18.8 Å². The number of carbonyl (C=O) groups excluding carboxylic acids is 2. The molecule has 3 nitrogen and oxygen atoms in total. The second-order valence-corrected chi connectivity index (χ2v) is 5.58. The van der Waals surface area contributed by atoms with E-state index < -0.39 is 0 Å². The van der Waals surface area contributed by atoms with Crippen molar-refractivity contribution in [3.8, 4) is 17.6 Å². The molecule has 2 aromatic carbocycles. The van der Waals surface area contributed by atoms with Crippen molar-refractivity contribution in [1.82, 2.24) is 0 Å². The average molecular weight is 318 g/mol. The van der Waals surface area contributed by atoms with E-state index in [9.17, 15) is 9.59 Å². The molecule has 3 heteroatoms. The Kier molecular flexibility index (Phi) is 4.77. The predicted molar refractivity (Wildman–Crippen MR) is 92.5 cm³/mol. The van der Waals surface area contributed by atoms with Gasteiger partial charge in [0.25, 0.3) is 0 Å². The van der Waals surface area contributed by atoms with Crippen LogP contribution in [-0.4, -0.2) is 18.2 Å². The van der Waals surface area contributed by atoms with Crippen LogP contribution in [0.25, 0.3) is 0 Å². The summed E-state index contributed by atoms with van der Waals surface area (Å²) >= 11 is 0. The van der Waals surface area contributed by atoms with Crippen LogP contribution in [0, 0.1) is 11.8 Å². The number of ether oxygens (including phenoxy) is 1. The molecule has 0 atom stereocenters. The zero-order chi connectivity index (χ0) is 16.9. The van der Waals surface area contributed by atoms with Crippen LogP contribution in [0.3, 0.4) is 0 Å². The predicted octanol–water partition coefficient (Wildman–Crippen LogP) is 4.03. The first-order valence-corrected chi connectivity index (χ1v) is 8.14. The number of hydrogen-bond donors (Lipinski definition) is 0. The zero-order valence-corrected chi connectivity index (χ0v) is 13.6. The Balaban J connectivity index is 1.86. The van der Waals surface area contributed by atoms with Crippen molar-refractivity contribution in [3.05, 3.63) is 64.7 Å². The maximum atomic E-state index is 12.8. The minimum atomic E-state index is -0.159. The molecule has 1 aliphatic carbocycles. The zero-order valence-electron chi connectivity index (χ0n) is 13.6. The Morgan fingerprint density at radius 1 is 0.833 bits per heavy atom. The molecule has 0 spiro atoms. The third-order valence-corrected chi connectivity index (χ3v) is 3.90. The highest BCUT2D eigenvalue weighted by molar-refractivity contribution is 6.29. The van der Waals surface area contributed by atoms with Crippen LogP contribution < -0.4 is 4.74 Å². The third-order valence-electron chi connectivity index (χ3n) is 3.90. The molecule has 0 unspecified atom stereocenters. The summed E-state index contributed by atoms with van der Waals surface area (Å²) < 4.78 is 5.74. The molecule has 0 saturated heterocycles. The summed E-state index contributed by atoms with van der Waals surface area (Å²) in [6.45, 7) is 2.48. The molecule has 0 heterocycles. The largest absolute Gasteiger partial charge is 0.492 e. The minimum absolute atomic E-state index is 0.131. The summed E-state index contributed by atoms with van der Waals surface area (Å²) in [5, 5.41) is 0. The van der Waals surface area contributed by atoms with E-state index in [-0.39, 0.29) is 11.6 Å². The number of hydrogen-bond acceptors (Lipinski definition) is 3. The molecule has 0 aliphatic heterocycles. The van der Waals surface area contributed by atoms with E-state index in [0.717, 1.165) is 12.8 Å². The lowest BCUT2D eigenvalue weighted by molar-refractivity contribution is 0.0975. The number of unbranched alkanes of at least 4 members (excludes halogenated alkanes) is 1. The Bertz CT molecular complexity index is 853. The van der Waals surface area contributed by atoms with Gasteiger partial charge in [-0.2, -0.15) is 0 Å². The summed E-state index contributed by atoms with van der Waals surface area (Å²) in [6.07, 6.45) is 2.52. The van der Waals surface area contributed by atoms with Crippen LogP contribution in [0.4, 0.5) is 0 Å². The van der Waals surface area contributed by atoms with Crippen molar-refractivity contribution >= 4 is 11.6 Å². The standard InChI is InChI=1S/C21H18O3/c1-2-3-4-5-8-14-24-18-13-9-12-17-19(18)21(23)16-11-7-6-10-15(16)20(17)22/h6-7,9-13H,2-3,8,14H2,1H3. The minimum Gasteiger partial charge on any atom is -0.492 e. The van der Waals surface area contributed by atoms with Gasteiger partial charge in [0.1, 0.15) is 5.75 Å². The van der Waals surface area contributed by atoms with Gasteiger partial charge in [0.15, 0.2) is 11.6 Å². The topological polar surface area (TPSA) is 43.4 Å². The fraction of sp³-hybridized carbons (Fsp3) is 0.238. The number of ketones is 2. The van der Waals surface area contributed by atoms with Gasteiger partial charge in [-0.3, -0.25) is 9.59 Å². The lowest BCUT2D eigenvalue weighted by Gasteiger charge is -2.19. The van der Waals surface area contributed by atoms with E-state index in [1.807, 2.05) is 0 Å². The van der Waals surface area contributed by atoms with E-state index in [0.29, 0.717) is 41.0 Å². The van der Waals surface area contributed by atoms with E-state index in [1.54, 1.807) is 42.5 Å². The van der Waals surface area contributed by atoms with Gasteiger partial charge in [0.05, 0.1) is 12.2 Å². The molecular formula is C21H18O3. The lowest BCUT2D eigenvalue weighted by atomic mass is 9.83. The Morgan fingerprint density at radius 2 is 1.50 bits per heavy atom. The molecule has 0 radical (unpaired) electrons. The van der Waals surface area contributed by atoms with Crippen molar-refractivity contribution in [3.63, 3.8) is 0 Å². The van der Waals surface area contributed by atoms with Gasteiger partial charge < -0.3 is 4.74 Å². The summed E-state index contributed by atoms with van der Waals surface area (Å²) in [5.74, 6) is 6.27. The van der Waals surface area contributed by atoms with E-state index in [1.165, 1.54) is 0 Å². The third kappa shape index (κ3) is 2.96. The monoisotopic (exact) mass is 318 g/mol. The van der Waals surface area contributed by atoms with Crippen molar-refractivity contribution < 1.29 is 14.3 Å². The fourth-order valence-corrected chi connectivity index (χ4v) is 2.75. The summed E-state index contributed by atoms with van der Waals surface area (Å²) in [7, 11) is 0. The van der Waals surface area contributed by atoms with Crippen LogP contribution in [0.5, 0.6) is 5.75 Å². The van der Waals surface area contributed by atoms with Crippen LogP contribution in [0.1, 0.15) is 58.0 Å². The lowest BCUT2D eigenvalue weighted by Crippen LogP contribution is -2.21. The molecule has 1 aliphatic rings. The van der Waals surface area contributed by atoms with Crippen LogP contribution >= 0.6 is 0 Å². The summed E-state index contributed by atoms with van der Waals surface area (Å²) in [4.78, 5) is 25.4. The summed E-state index contributed by atoms with van der Waals surface area (Å²) in [5.41, 5.74) is 1.67. The summed E-state index contributed by atoms with van der Waals surface area (Å²) in [6, 6.07) is 12.1. The second kappa shape index (κ2) is 7.14. The van der Waals surface area contributed by atoms with Gasteiger partial charge in [-0.25, -0.2) is 0 Å². The molecule has 3 rings (SSSR count). The Morgan fingerprint density at radius 3 is 2.25 bits per heavy atom. The number of rotatable bonds is 4. The van der Waals surface area contributed by atoms with Gasteiger partial charge in [0.2, 0.25) is 0 Å². The van der Waals surface area contributed by atoms with E-state index in [4.69, 9.17) is 4.74 Å². The highest BCUT2D eigenvalue weighted by atomic mass is 16.5. The van der Waals surface area contributed by atoms with Crippen LogP contribution in [0.15, 0.2) is 42.5 Å². The van der Waals surface area contributed by atoms with Crippen LogP contribution in [0.2, 0.25) is 0 Å². The van der Waals surface area contributed by atoms with Gasteiger partial charge in [-0.15, -0.1) is 5.92 Å². The van der Waals surface area contributed by atoms with Crippen molar-refractivity contribution in [2.24, 2.45) is 0 Å². The highest BCUT2D eigenvalue weighted by Crippen LogP contribution is 2.33. The maximum absolute atomic E-state index is 12.8. The number of carbonyl (C=O) groups is 2. The fourth-order valence-electron chi connectivity index (χ4n) is 2.75. The molecule has 0 amide bonds. The van der Waals surface area contributed by atoms with Crippen molar-refractivity contribution in [2.75, 3.05) is 6.61 Å². The quantitative estimate of drug-likeness (QED) is 0.539. The van der Waals surface area contributed by atoms with Crippen molar-refractivity contribution in [2.45, 2.75) is 26.2 Å². The maximum Gasteiger partial charge on any atom is 0.198 e. The molecule has 2 aromatic rings. The molecule has 0 bridgehead atoms.